The molecule has 0 bridgehead atoms. The minimum Gasteiger partial charge on any atom is -0.395 e. The van der Waals surface area contributed by atoms with E-state index in [1.807, 2.05) is 19.9 Å². The van der Waals surface area contributed by atoms with E-state index in [0.717, 1.165) is 5.56 Å². The molecule has 1 rings (SSSR count). The first-order chi connectivity index (χ1) is 7.33. The average molecular weight is 242 g/mol. The molecule has 0 amide bonds. The van der Waals surface area contributed by atoms with E-state index in [9.17, 15) is 13.5 Å². The number of aliphatic hydroxyl groups excluding tert-OH is 1. The molecule has 0 aliphatic heterocycles. The number of benzene rings is 1. The Morgan fingerprint density at radius 2 is 1.94 bits per heavy atom. The predicted octanol–water partition coefficient (Wildman–Crippen LogP) is 1.75. The SMILES string of the molecule is CCS(=O)(=O)c1cccc(C(C)(C)CO)c1. The van der Waals surface area contributed by atoms with Crippen LogP contribution in [0.2, 0.25) is 0 Å². The van der Waals surface area contributed by atoms with Gasteiger partial charge in [0.05, 0.1) is 17.3 Å². The van der Waals surface area contributed by atoms with Gasteiger partial charge in [-0.15, -0.1) is 0 Å². The molecule has 90 valence electrons. The van der Waals surface area contributed by atoms with Crippen LogP contribution in [0.4, 0.5) is 0 Å². The molecule has 0 aromatic heterocycles. The molecule has 0 heterocycles. The van der Waals surface area contributed by atoms with Crippen molar-refractivity contribution in [2.24, 2.45) is 0 Å². The van der Waals surface area contributed by atoms with Crippen LogP contribution >= 0.6 is 0 Å². The van der Waals surface area contributed by atoms with Gasteiger partial charge in [-0.1, -0.05) is 32.9 Å². The summed E-state index contributed by atoms with van der Waals surface area (Å²) in [6, 6.07) is 6.80. The summed E-state index contributed by atoms with van der Waals surface area (Å²) in [5, 5.41) is 9.25. The molecular formula is C12H18O3S. The van der Waals surface area contributed by atoms with Gasteiger partial charge in [0.25, 0.3) is 0 Å². The first kappa shape index (κ1) is 13.2. The highest BCUT2D eigenvalue weighted by molar-refractivity contribution is 7.91. The van der Waals surface area contributed by atoms with Crippen LogP contribution < -0.4 is 0 Å². The first-order valence-corrected chi connectivity index (χ1v) is 6.93. The molecule has 0 unspecified atom stereocenters. The number of hydrogen-bond acceptors (Lipinski definition) is 3. The maximum atomic E-state index is 11.7. The second-order valence-electron chi connectivity index (χ2n) is 4.47. The van der Waals surface area contributed by atoms with Crippen LogP contribution in [0.25, 0.3) is 0 Å². The fourth-order valence-corrected chi connectivity index (χ4v) is 2.29. The standard InChI is InChI=1S/C12H18O3S/c1-4-16(14,15)11-7-5-6-10(8-11)12(2,3)9-13/h5-8,13H,4,9H2,1-3H3. The fraction of sp³-hybridized carbons (Fsp3) is 0.500. The van der Waals surface area contributed by atoms with Gasteiger partial charge >= 0.3 is 0 Å². The molecule has 0 aliphatic carbocycles. The summed E-state index contributed by atoms with van der Waals surface area (Å²) >= 11 is 0. The maximum Gasteiger partial charge on any atom is 0.178 e. The van der Waals surface area contributed by atoms with E-state index in [1.165, 1.54) is 0 Å². The second kappa shape index (κ2) is 4.55. The molecule has 4 heteroatoms. The van der Waals surface area contributed by atoms with E-state index >= 15 is 0 Å². The molecule has 1 aromatic rings. The Morgan fingerprint density at radius 1 is 1.31 bits per heavy atom. The van der Waals surface area contributed by atoms with Gasteiger partial charge < -0.3 is 5.11 Å². The quantitative estimate of drug-likeness (QED) is 0.875. The van der Waals surface area contributed by atoms with Gasteiger partial charge in [-0.2, -0.15) is 0 Å². The number of hydrogen-bond donors (Lipinski definition) is 1. The van der Waals surface area contributed by atoms with E-state index in [-0.39, 0.29) is 12.4 Å². The largest absolute Gasteiger partial charge is 0.395 e. The number of aliphatic hydroxyl groups is 1. The molecule has 0 radical (unpaired) electrons. The monoisotopic (exact) mass is 242 g/mol. The molecule has 0 fully saturated rings. The van der Waals surface area contributed by atoms with Crippen molar-refractivity contribution in [2.75, 3.05) is 12.4 Å². The van der Waals surface area contributed by atoms with Gasteiger partial charge in [-0.05, 0) is 17.7 Å². The Bertz CT molecular complexity index is 461. The molecule has 3 nitrogen and oxygen atoms in total. The maximum absolute atomic E-state index is 11.7. The predicted molar refractivity (Wildman–Crippen MR) is 64.3 cm³/mol. The molecule has 0 aliphatic rings. The van der Waals surface area contributed by atoms with Crippen LogP contribution in [-0.2, 0) is 15.3 Å². The van der Waals surface area contributed by atoms with Gasteiger partial charge in [0, 0.05) is 5.41 Å². The topological polar surface area (TPSA) is 54.4 Å². The van der Waals surface area contributed by atoms with E-state index < -0.39 is 15.3 Å². The fourth-order valence-electron chi connectivity index (χ4n) is 1.37. The Kier molecular flexibility index (Phi) is 3.76. The minimum absolute atomic E-state index is 0.0113. The van der Waals surface area contributed by atoms with Crippen LogP contribution in [0.1, 0.15) is 26.3 Å². The summed E-state index contributed by atoms with van der Waals surface area (Å²) in [4.78, 5) is 0.328. The first-order valence-electron chi connectivity index (χ1n) is 5.27. The number of rotatable bonds is 4. The molecule has 1 N–H and O–H groups in total. The molecule has 0 saturated carbocycles. The van der Waals surface area contributed by atoms with E-state index in [0.29, 0.717) is 4.90 Å². The van der Waals surface area contributed by atoms with Gasteiger partial charge in [0.15, 0.2) is 9.84 Å². The number of sulfone groups is 1. The van der Waals surface area contributed by atoms with Crippen molar-refractivity contribution in [2.45, 2.75) is 31.1 Å². The van der Waals surface area contributed by atoms with Crippen molar-refractivity contribution < 1.29 is 13.5 Å². The average Bonchev–Trinajstić information content (AvgIpc) is 2.29. The third-order valence-corrected chi connectivity index (χ3v) is 4.48. The normalized spacial score (nSPS) is 12.8. The van der Waals surface area contributed by atoms with Crippen molar-refractivity contribution in [3.05, 3.63) is 29.8 Å². The summed E-state index contributed by atoms with van der Waals surface area (Å²) in [5.74, 6) is 0.0933. The minimum atomic E-state index is -3.17. The molecule has 0 atom stereocenters. The van der Waals surface area contributed by atoms with Gasteiger partial charge in [-0.25, -0.2) is 8.42 Å². The molecule has 1 aromatic carbocycles. The van der Waals surface area contributed by atoms with Crippen molar-refractivity contribution in [1.29, 1.82) is 0 Å². The lowest BCUT2D eigenvalue weighted by molar-refractivity contribution is 0.218. The second-order valence-corrected chi connectivity index (χ2v) is 6.75. The molecular weight excluding hydrogens is 224 g/mol. The van der Waals surface area contributed by atoms with Gasteiger partial charge in [-0.3, -0.25) is 0 Å². The molecule has 16 heavy (non-hydrogen) atoms. The molecule has 0 saturated heterocycles. The zero-order valence-corrected chi connectivity index (χ0v) is 10.7. The summed E-state index contributed by atoms with van der Waals surface area (Å²) in [6.45, 7) is 5.37. The highest BCUT2D eigenvalue weighted by Gasteiger charge is 2.21. The Hall–Kier alpha value is -0.870. The smallest absolute Gasteiger partial charge is 0.178 e. The van der Waals surface area contributed by atoms with Gasteiger partial charge in [0.1, 0.15) is 0 Å². The van der Waals surface area contributed by atoms with Crippen molar-refractivity contribution >= 4 is 9.84 Å². The van der Waals surface area contributed by atoms with Crippen LogP contribution in [-0.4, -0.2) is 25.9 Å². The van der Waals surface area contributed by atoms with Crippen LogP contribution in [0.15, 0.2) is 29.2 Å². The van der Waals surface area contributed by atoms with E-state index in [4.69, 9.17) is 0 Å². The van der Waals surface area contributed by atoms with Crippen molar-refractivity contribution in [3.8, 4) is 0 Å². The summed E-state index contributed by atoms with van der Waals surface area (Å²) < 4.78 is 23.4. The molecule has 0 spiro atoms. The van der Waals surface area contributed by atoms with E-state index in [2.05, 4.69) is 0 Å². The third-order valence-electron chi connectivity index (χ3n) is 2.75. The van der Waals surface area contributed by atoms with Crippen LogP contribution in [0, 0.1) is 0 Å². The zero-order valence-electron chi connectivity index (χ0n) is 9.90. The highest BCUT2D eigenvalue weighted by atomic mass is 32.2. The lowest BCUT2D eigenvalue weighted by atomic mass is 9.86. The lowest BCUT2D eigenvalue weighted by Crippen LogP contribution is -2.22. The third kappa shape index (κ3) is 2.62. The lowest BCUT2D eigenvalue weighted by Gasteiger charge is -2.22. The Labute approximate surface area is 97.0 Å². The summed E-state index contributed by atoms with van der Waals surface area (Å²) in [7, 11) is -3.17. The van der Waals surface area contributed by atoms with Crippen LogP contribution in [0.5, 0.6) is 0 Å². The summed E-state index contributed by atoms with van der Waals surface area (Å²) in [5.41, 5.74) is 0.420. The van der Waals surface area contributed by atoms with Crippen molar-refractivity contribution in [3.63, 3.8) is 0 Å². The van der Waals surface area contributed by atoms with Gasteiger partial charge in [0.2, 0.25) is 0 Å². The Morgan fingerprint density at radius 3 is 2.44 bits per heavy atom. The Balaban J connectivity index is 3.25. The summed E-state index contributed by atoms with van der Waals surface area (Å²) in [6.07, 6.45) is 0. The van der Waals surface area contributed by atoms with Crippen molar-refractivity contribution in [1.82, 2.24) is 0 Å². The zero-order chi connectivity index (χ0) is 12.4. The highest BCUT2D eigenvalue weighted by Crippen LogP contribution is 2.25. The van der Waals surface area contributed by atoms with E-state index in [1.54, 1.807) is 25.1 Å². The van der Waals surface area contributed by atoms with Crippen LogP contribution in [0.3, 0.4) is 0 Å².